The highest BCUT2D eigenvalue weighted by Gasteiger charge is 2.29. The van der Waals surface area contributed by atoms with Crippen LogP contribution < -0.4 is 0 Å². The zero-order valence-electron chi connectivity index (χ0n) is 8.21. The Kier molecular flexibility index (Phi) is 2.78. The third-order valence-corrected chi connectivity index (χ3v) is 2.78. The molecule has 0 amide bonds. The van der Waals surface area contributed by atoms with Gasteiger partial charge >= 0.3 is 11.5 Å². The number of hydrogen-bond acceptors (Lipinski definition) is 2. The van der Waals surface area contributed by atoms with E-state index in [0.717, 1.165) is 0 Å². The Balaban J connectivity index is 2.40. The van der Waals surface area contributed by atoms with Crippen molar-refractivity contribution in [2.45, 2.75) is 10.4 Å². The van der Waals surface area contributed by atoms with Crippen LogP contribution in [0.5, 0.6) is 0 Å². The van der Waals surface area contributed by atoms with Gasteiger partial charge in [0, 0.05) is 15.8 Å². The first-order valence-electron chi connectivity index (χ1n) is 4.47. The van der Waals surface area contributed by atoms with Crippen molar-refractivity contribution in [2.75, 3.05) is 0 Å². The van der Waals surface area contributed by atoms with Gasteiger partial charge in [0.1, 0.15) is 5.69 Å². The van der Waals surface area contributed by atoms with Gasteiger partial charge in [0.2, 0.25) is 0 Å². The molecule has 2 N–H and O–H groups in total. The predicted molar refractivity (Wildman–Crippen MR) is 57.2 cm³/mol. The number of hydrogen-bond donors (Lipinski definition) is 2. The molecule has 0 bridgehead atoms. The lowest BCUT2D eigenvalue weighted by Crippen LogP contribution is -1.98. The smallest absolute Gasteiger partial charge is 0.446 e. The molecular formula is C10H6F3NO2S. The van der Waals surface area contributed by atoms with E-state index < -0.39 is 11.5 Å². The van der Waals surface area contributed by atoms with Crippen molar-refractivity contribution in [3.8, 4) is 0 Å². The van der Waals surface area contributed by atoms with E-state index in [1.54, 1.807) is 0 Å². The number of carboxylic acid groups (broad SMARTS) is 1. The first-order chi connectivity index (χ1) is 7.85. The van der Waals surface area contributed by atoms with Gasteiger partial charge in [0.15, 0.2) is 0 Å². The van der Waals surface area contributed by atoms with Gasteiger partial charge in [-0.25, -0.2) is 4.79 Å². The van der Waals surface area contributed by atoms with Crippen molar-refractivity contribution in [3.05, 3.63) is 30.0 Å². The second-order valence-corrected chi connectivity index (χ2v) is 4.42. The predicted octanol–water partition coefficient (Wildman–Crippen LogP) is 3.48. The number of aromatic nitrogens is 1. The molecule has 1 aromatic heterocycles. The summed E-state index contributed by atoms with van der Waals surface area (Å²) in [6.07, 6.45) is 0. The third kappa shape index (κ3) is 2.73. The molecule has 0 aliphatic carbocycles. The van der Waals surface area contributed by atoms with Crippen LogP contribution in [0.25, 0.3) is 10.9 Å². The maximum atomic E-state index is 12.1. The van der Waals surface area contributed by atoms with Gasteiger partial charge in [0.05, 0.1) is 0 Å². The molecule has 1 aromatic carbocycles. The van der Waals surface area contributed by atoms with Gasteiger partial charge in [-0.1, -0.05) is 0 Å². The molecule has 0 aliphatic heterocycles. The van der Waals surface area contributed by atoms with Crippen LogP contribution in [0.15, 0.2) is 29.2 Å². The van der Waals surface area contributed by atoms with E-state index in [2.05, 4.69) is 4.98 Å². The van der Waals surface area contributed by atoms with Gasteiger partial charge in [-0.15, -0.1) is 0 Å². The third-order valence-electron chi connectivity index (χ3n) is 2.06. The number of alkyl halides is 3. The minimum atomic E-state index is -4.35. The Labute approximate surface area is 97.6 Å². The fourth-order valence-corrected chi connectivity index (χ4v) is 2.01. The number of benzene rings is 1. The van der Waals surface area contributed by atoms with Crippen LogP contribution in [0, 0.1) is 0 Å². The molecule has 0 atom stereocenters. The number of aromatic amines is 1. The minimum Gasteiger partial charge on any atom is -0.477 e. The van der Waals surface area contributed by atoms with E-state index in [1.165, 1.54) is 24.3 Å². The molecule has 0 saturated heterocycles. The average Bonchev–Trinajstić information content (AvgIpc) is 2.57. The van der Waals surface area contributed by atoms with E-state index in [9.17, 15) is 18.0 Å². The second kappa shape index (κ2) is 3.99. The molecule has 3 nitrogen and oxygen atoms in total. The number of rotatable bonds is 2. The lowest BCUT2D eigenvalue weighted by atomic mass is 10.2. The fraction of sp³-hybridized carbons (Fsp3) is 0.100. The summed E-state index contributed by atoms with van der Waals surface area (Å²) in [5.41, 5.74) is -3.90. The monoisotopic (exact) mass is 261 g/mol. The Morgan fingerprint density at radius 1 is 1.29 bits per heavy atom. The van der Waals surface area contributed by atoms with Crippen LogP contribution in [-0.4, -0.2) is 21.6 Å². The molecule has 7 heteroatoms. The highest BCUT2D eigenvalue weighted by Crippen LogP contribution is 2.37. The standard InChI is InChI=1S/C10H6F3NO2S/c11-10(12,13)17-6-1-2-7-5(3-6)4-8(14-7)9(15)16/h1-4,14H,(H,15,16). The van der Waals surface area contributed by atoms with Crippen molar-refractivity contribution in [2.24, 2.45) is 0 Å². The second-order valence-electron chi connectivity index (χ2n) is 3.29. The number of carbonyl (C=O) groups is 1. The molecule has 0 radical (unpaired) electrons. The first kappa shape index (κ1) is 11.8. The van der Waals surface area contributed by atoms with Crippen LogP contribution in [-0.2, 0) is 0 Å². The number of nitrogens with one attached hydrogen (secondary N) is 1. The van der Waals surface area contributed by atoms with E-state index in [0.29, 0.717) is 10.9 Å². The Morgan fingerprint density at radius 2 is 2.00 bits per heavy atom. The number of thioether (sulfide) groups is 1. The molecule has 0 spiro atoms. The summed E-state index contributed by atoms with van der Waals surface area (Å²) in [5, 5.41) is 9.17. The molecule has 17 heavy (non-hydrogen) atoms. The topological polar surface area (TPSA) is 53.1 Å². The van der Waals surface area contributed by atoms with Gasteiger partial charge in [-0.3, -0.25) is 0 Å². The molecule has 0 saturated carbocycles. The molecular weight excluding hydrogens is 255 g/mol. The molecule has 2 rings (SSSR count). The molecule has 0 unspecified atom stereocenters. The summed E-state index contributed by atoms with van der Waals surface area (Å²) >= 11 is -0.228. The van der Waals surface area contributed by atoms with Crippen molar-refractivity contribution >= 4 is 28.6 Å². The zero-order chi connectivity index (χ0) is 12.6. The summed E-state index contributed by atoms with van der Waals surface area (Å²) in [4.78, 5) is 13.3. The lowest BCUT2D eigenvalue weighted by Gasteiger charge is -2.04. The summed E-state index contributed by atoms with van der Waals surface area (Å²) in [6.45, 7) is 0. The number of halogens is 3. The molecule has 90 valence electrons. The maximum absolute atomic E-state index is 12.1. The summed E-state index contributed by atoms with van der Waals surface area (Å²) < 4.78 is 36.4. The number of fused-ring (bicyclic) bond motifs is 1. The van der Waals surface area contributed by atoms with Crippen molar-refractivity contribution in [1.29, 1.82) is 0 Å². The highest BCUT2D eigenvalue weighted by molar-refractivity contribution is 8.00. The normalized spacial score (nSPS) is 11.9. The van der Waals surface area contributed by atoms with E-state index in [4.69, 9.17) is 5.11 Å². The fourth-order valence-electron chi connectivity index (χ4n) is 1.42. The average molecular weight is 261 g/mol. The van der Waals surface area contributed by atoms with E-state index in [1.807, 2.05) is 0 Å². The summed E-state index contributed by atoms with van der Waals surface area (Å²) in [5.74, 6) is -1.15. The van der Waals surface area contributed by atoms with Crippen LogP contribution in [0.2, 0.25) is 0 Å². The van der Waals surface area contributed by atoms with Crippen LogP contribution in [0.4, 0.5) is 13.2 Å². The Morgan fingerprint density at radius 3 is 2.59 bits per heavy atom. The number of aromatic carboxylic acids is 1. The van der Waals surface area contributed by atoms with Crippen molar-refractivity contribution < 1.29 is 23.1 Å². The molecule has 1 heterocycles. The van der Waals surface area contributed by atoms with E-state index in [-0.39, 0.29) is 22.4 Å². The van der Waals surface area contributed by atoms with Gasteiger partial charge in [-0.2, -0.15) is 13.2 Å². The van der Waals surface area contributed by atoms with Crippen molar-refractivity contribution in [3.63, 3.8) is 0 Å². The Hall–Kier alpha value is -1.63. The van der Waals surface area contributed by atoms with Gasteiger partial charge < -0.3 is 10.1 Å². The highest BCUT2D eigenvalue weighted by atomic mass is 32.2. The maximum Gasteiger partial charge on any atom is 0.446 e. The quantitative estimate of drug-likeness (QED) is 0.814. The molecule has 2 aromatic rings. The first-order valence-corrected chi connectivity index (χ1v) is 5.28. The SMILES string of the molecule is O=C(O)c1cc2cc(SC(F)(F)F)ccc2[nH]1. The number of carboxylic acids is 1. The minimum absolute atomic E-state index is 0.0286. The summed E-state index contributed by atoms with van der Waals surface area (Å²) in [7, 11) is 0. The molecule has 0 fully saturated rings. The number of H-pyrrole nitrogens is 1. The lowest BCUT2D eigenvalue weighted by molar-refractivity contribution is -0.0328. The largest absolute Gasteiger partial charge is 0.477 e. The summed E-state index contributed by atoms with van der Waals surface area (Å²) in [6, 6.07) is 5.33. The Bertz CT molecular complexity index is 576. The van der Waals surface area contributed by atoms with Crippen LogP contribution in [0.1, 0.15) is 10.5 Å². The van der Waals surface area contributed by atoms with Crippen LogP contribution >= 0.6 is 11.8 Å². The molecule has 0 aliphatic rings. The van der Waals surface area contributed by atoms with Gasteiger partial charge in [0.25, 0.3) is 0 Å². The van der Waals surface area contributed by atoms with Crippen molar-refractivity contribution in [1.82, 2.24) is 4.98 Å². The van der Waals surface area contributed by atoms with Gasteiger partial charge in [-0.05, 0) is 36.0 Å². The van der Waals surface area contributed by atoms with E-state index >= 15 is 0 Å². The van der Waals surface area contributed by atoms with Crippen LogP contribution in [0.3, 0.4) is 0 Å². The zero-order valence-corrected chi connectivity index (χ0v) is 9.02.